The molecule has 3 rings (SSSR count). The normalized spacial score (nSPS) is 11.7. The molecule has 0 bridgehead atoms. The number of rotatable bonds is 8. The first kappa shape index (κ1) is 22.8. The molecule has 0 spiro atoms. The molecule has 0 aliphatic heterocycles. The molecule has 4 N–H and O–H groups in total. The lowest BCUT2D eigenvalue weighted by molar-refractivity contribution is -0.115. The SMILES string of the molecule is CCc1ccccc1Nc1nc(N)nc(CS[C@@H](C)C(=O)Nc2ccc(Cl)cc2F)n1. The summed E-state index contributed by atoms with van der Waals surface area (Å²) in [5.74, 6) is 0.252. The number of hydrogen-bond donors (Lipinski definition) is 3. The number of nitrogens with one attached hydrogen (secondary N) is 2. The molecule has 7 nitrogen and oxygen atoms in total. The van der Waals surface area contributed by atoms with E-state index in [1.165, 1.54) is 23.9 Å². The van der Waals surface area contributed by atoms with E-state index in [4.69, 9.17) is 17.3 Å². The minimum atomic E-state index is -0.591. The molecule has 0 fully saturated rings. The van der Waals surface area contributed by atoms with Gasteiger partial charge in [0.15, 0.2) is 0 Å². The van der Waals surface area contributed by atoms with Crippen molar-refractivity contribution in [1.29, 1.82) is 0 Å². The summed E-state index contributed by atoms with van der Waals surface area (Å²) in [7, 11) is 0. The number of nitrogens with two attached hydrogens (primary N) is 1. The highest BCUT2D eigenvalue weighted by molar-refractivity contribution is 7.99. The Morgan fingerprint density at radius 2 is 1.97 bits per heavy atom. The molecule has 0 saturated heterocycles. The number of aryl methyl sites for hydroxylation is 1. The lowest BCUT2D eigenvalue weighted by atomic mass is 10.1. The molecular formula is C21H22ClFN6OS. The Labute approximate surface area is 189 Å². The zero-order chi connectivity index (χ0) is 22.4. The number of aromatic nitrogens is 3. The van der Waals surface area contributed by atoms with E-state index in [1.807, 2.05) is 24.3 Å². The van der Waals surface area contributed by atoms with Crippen LogP contribution in [0.4, 0.5) is 27.7 Å². The molecule has 0 aliphatic rings. The highest BCUT2D eigenvalue weighted by Crippen LogP contribution is 2.23. The van der Waals surface area contributed by atoms with E-state index in [1.54, 1.807) is 6.92 Å². The molecule has 2 aromatic carbocycles. The molecule has 1 amide bonds. The summed E-state index contributed by atoms with van der Waals surface area (Å²) < 4.78 is 13.9. The van der Waals surface area contributed by atoms with Gasteiger partial charge in [-0.25, -0.2) is 4.39 Å². The van der Waals surface area contributed by atoms with E-state index in [-0.39, 0.29) is 22.6 Å². The lowest BCUT2D eigenvalue weighted by Gasteiger charge is -2.13. The van der Waals surface area contributed by atoms with Crippen molar-refractivity contribution in [2.75, 3.05) is 16.4 Å². The largest absolute Gasteiger partial charge is 0.368 e. The van der Waals surface area contributed by atoms with Crippen molar-refractivity contribution >= 4 is 52.5 Å². The maximum absolute atomic E-state index is 13.9. The summed E-state index contributed by atoms with van der Waals surface area (Å²) >= 11 is 7.04. The van der Waals surface area contributed by atoms with Crippen LogP contribution in [0.25, 0.3) is 0 Å². The molecule has 0 radical (unpaired) electrons. The van der Waals surface area contributed by atoms with Gasteiger partial charge in [0, 0.05) is 10.7 Å². The fourth-order valence-electron chi connectivity index (χ4n) is 2.73. The van der Waals surface area contributed by atoms with Gasteiger partial charge < -0.3 is 16.4 Å². The number of anilines is 4. The molecule has 162 valence electrons. The minimum absolute atomic E-state index is 0.0762. The number of hydrogen-bond acceptors (Lipinski definition) is 7. The first-order valence-electron chi connectivity index (χ1n) is 9.58. The molecule has 10 heteroatoms. The van der Waals surface area contributed by atoms with Gasteiger partial charge in [-0.05, 0) is 43.2 Å². The van der Waals surface area contributed by atoms with Gasteiger partial charge in [0.2, 0.25) is 17.8 Å². The van der Waals surface area contributed by atoms with Gasteiger partial charge in [0.25, 0.3) is 0 Å². The molecule has 0 aliphatic carbocycles. The van der Waals surface area contributed by atoms with E-state index in [2.05, 4.69) is 32.5 Å². The standard InChI is InChI=1S/C21H22ClFN6OS/c1-3-13-6-4-5-7-16(13)26-21-28-18(27-20(24)29-21)11-31-12(2)19(30)25-17-9-8-14(22)10-15(17)23/h4-10,12H,3,11H2,1-2H3,(H,25,30)(H3,24,26,27,28,29)/t12-/m0/s1. The average Bonchev–Trinajstić information content (AvgIpc) is 2.74. The van der Waals surface area contributed by atoms with Crippen LogP contribution in [0.1, 0.15) is 25.2 Å². The van der Waals surface area contributed by atoms with Crippen LogP contribution >= 0.6 is 23.4 Å². The van der Waals surface area contributed by atoms with Crippen LogP contribution in [0.5, 0.6) is 0 Å². The van der Waals surface area contributed by atoms with Crippen LogP contribution in [0, 0.1) is 5.82 Å². The highest BCUT2D eigenvalue weighted by Gasteiger charge is 2.17. The quantitative estimate of drug-likeness (QED) is 0.442. The third kappa shape index (κ3) is 6.28. The van der Waals surface area contributed by atoms with Crippen LogP contribution in [-0.2, 0) is 17.0 Å². The van der Waals surface area contributed by atoms with Crippen molar-refractivity contribution < 1.29 is 9.18 Å². The van der Waals surface area contributed by atoms with Crippen molar-refractivity contribution in [2.24, 2.45) is 0 Å². The van der Waals surface area contributed by atoms with E-state index in [0.29, 0.717) is 17.5 Å². The van der Waals surface area contributed by atoms with Crippen molar-refractivity contribution in [2.45, 2.75) is 31.3 Å². The van der Waals surface area contributed by atoms with Gasteiger partial charge in [-0.3, -0.25) is 4.79 Å². The Morgan fingerprint density at radius 1 is 1.19 bits per heavy atom. The monoisotopic (exact) mass is 460 g/mol. The van der Waals surface area contributed by atoms with Crippen LogP contribution in [0.3, 0.4) is 0 Å². The molecule has 1 heterocycles. The summed E-state index contributed by atoms with van der Waals surface area (Å²) in [4.78, 5) is 25.1. The minimum Gasteiger partial charge on any atom is -0.368 e. The first-order valence-corrected chi connectivity index (χ1v) is 11.0. The number of benzene rings is 2. The van der Waals surface area contributed by atoms with Crippen molar-refractivity contribution in [3.8, 4) is 0 Å². The van der Waals surface area contributed by atoms with E-state index >= 15 is 0 Å². The van der Waals surface area contributed by atoms with Crippen molar-refractivity contribution in [1.82, 2.24) is 15.0 Å². The Bertz CT molecular complexity index is 1080. The van der Waals surface area contributed by atoms with Crippen LogP contribution in [0.2, 0.25) is 5.02 Å². The summed E-state index contributed by atoms with van der Waals surface area (Å²) in [5.41, 5.74) is 7.93. The van der Waals surface area contributed by atoms with Crippen LogP contribution in [-0.4, -0.2) is 26.1 Å². The van der Waals surface area contributed by atoms with Gasteiger partial charge in [-0.1, -0.05) is 36.7 Å². The summed E-state index contributed by atoms with van der Waals surface area (Å²) in [5, 5.41) is 5.51. The molecule has 1 aromatic heterocycles. The fraction of sp³-hybridized carbons (Fsp3) is 0.238. The predicted octanol–water partition coefficient (Wildman–Crippen LogP) is 4.81. The number of nitrogens with zero attached hydrogens (tertiary/aromatic N) is 3. The topological polar surface area (TPSA) is 106 Å². The second-order valence-corrected chi connectivity index (χ2v) is 8.40. The van der Waals surface area contributed by atoms with E-state index in [0.717, 1.165) is 23.7 Å². The van der Waals surface area contributed by atoms with Gasteiger partial charge >= 0.3 is 0 Å². The zero-order valence-corrected chi connectivity index (χ0v) is 18.6. The Balaban J connectivity index is 1.63. The summed E-state index contributed by atoms with van der Waals surface area (Å²) in [6, 6.07) is 11.9. The average molecular weight is 461 g/mol. The number of carbonyl (C=O) groups excluding carboxylic acids is 1. The second kappa shape index (κ2) is 10.4. The van der Waals surface area contributed by atoms with E-state index < -0.39 is 11.1 Å². The van der Waals surface area contributed by atoms with Gasteiger partial charge in [0.1, 0.15) is 11.6 Å². The van der Waals surface area contributed by atoms with E-state index in [9.17, 15) is 9.18 Å². The second-order valence-electron chi connectivity index (χ2n) is 6.64. The maximum atomic E-state index is 13.9. The molecule has 0 unspecified atom stereocenters. The maximum Gasteiger partial charge on any atom is 0.237 e. The zero-order valence-electron chi connectivity index (χ0n) is 17.0. The highest BCUT2D eigenvalue weighted by atomic mass is 35.5. The summed E-state index contributed by atoms with van der Waals surface area (Å²) in [6.45, 7) is 3.78. The number of thioether (sulfide) groups is 1. The molecule has 0 saturated carbocycles. The van der Waals surface area contributed by atoms with Crippen LogP contribution < -0.4 is 16.4 Å². The Morgan fingerprint density at radius 3 is 2.71 bits per heavy atom. The van der Waals surface area contributed by atoms with Crippen LogP contribution in [0.15, 0.2) is 42.5 Å². The third-order valence-corrected chi connectivity index (χ3v) is 5.74. The van der Waals surface area contributed by atoms with Gasteiger partial charge in [0.05, 0.1) is 16.7 Å². The first-order chi connectivity index (χ1) is 14.9. The smallest absolute Gasteiger partial charge is 0.237 e. The van der Waals surface area contributed by atoms with Gasteiger partial charge in [-0.15, -0.1) is 11.8 Å². The molecule has 3 aromatic rings. The number of para-hydroxylation sites is 1. The number of halogens is 2. The number of nitrogen functional groups attached to an aromatic ring is 1. The number of carbonyl (C=O) groups is 1. The molecule has 1 atom stereocenters. The summed E-state index contributed by atoms with van der Waals surface area (Å²) in [6.07, 6.45) is 0.854. The predicted molar refractivity (Wildman–Crippen MR) is 124 cm³/mol. The Kier molecular flexibility index (Phi) is 7.64. The Hall–Kier alpha value is -2.91. The van der Waals surface area contributed by atoms with Gasteiger partial charge in [-0.2, -0.15) is 15.0 Å². The lowest BCUT2D eigenvalue weighted by Crippen LogP contribution is -2.23. The molecule has 31 heavy (non-hydrogen) atoms. The van der Waals surface area contributed by atoms with Crippen molar-refractivity contribution in [3.05, 3.63) is 64.7 Å². The molecular weight excluding hydrogens is 439 g/mol. The number of amides is 1. The third-order valence-electron chi connectivity index (χ3n) is 4.36. The van der Waals surface area contributed by atoms with Crippen molar-refractivity contribution in [3.63, 3.8) is 0 Å². The fourth-order valence-corrected chi connectivity index (χ4v) is 3.63.